The molecule has 0 saturated carbocycles. The van der Waals surface area contributed by atoms with Crippen LogP contribution in [0, 0.1) is 0 Å². The molecule has 4 nitrogen and oxygen atoms in total. The maximum Gasteiger partial charge on any atom is 0.282 e. The number of hydrogen-bond acceptors (Lipinski definition) is 4. The van der Waals surface area contributed by atoms with Crippen molar-refractivity contribution in [3.8, 4) is 0 Å². The van der Waals surface area contributed by atoms with E-state index in [-0.39, 0.29) is 5.91 Å². The molecule has 0 bridgehead atoms. The molecule has 1 amide bonds. The average molecular weight is 221 g/mol. The summed E-state index contributed by atoms with van der Waals surface area (Å²) in [6.07, 6.45) is 1.83. The van der Waals surface area contributed by atoms with Crippen LogP contribution < -0.4 is 11.3 Å². The van der Waals surface area contributed by atoms with E-state index < -0.39 is 0 Å². The van der Waals surface area contributed by atoms with E-state index in [2.05, 4.69) is 5.43 Å². The SMILES string of the molecule is CN1Sc2ccccc2C=C1C(=O)NN. The van der Waals surface area contributed by atoms with Crippen molar-refractivity contribution in [2.45, 2.75) is 4.90 Å². The van der Waals surface area contributed by atoms with Gasteiger partial charge in [0.05, 0.1) is 0 Å². The van der Waals surface area contributed by atoms with Gasteiger partial charge in [-0.2, -0.15) is 0 Å². The molecule has 78 valence electrons. The molecule has 0 atom stereocenters. The maximum absolute atomic E-state index is 11.4. The Bertz CT molecular complexity index is 430. The van der Waals surface area contributed by atoms with Gasteiger partial charge in [0, 0.05) is 11.9 Å². The summed E-state index contributed by atoms with van der Waals surface area (Å²) in [6.45, 7) is 0. The molecule has 15 heavy (non-hydrogen) atoms. The lowest BCUT2D eigenvalue weighted by molar-refractivity contribution is -0.118. The molecular formula is C10H11N3OS. The Kier molecular flexibility index (Phi) is 2.66. The summed E-state index contributed by atoms with van der Waals surface area (Å²) in [5.41, 5.74) is 3.73. The molecule has 1 aromatic rings. The fourth-order valence-corrected chi connectivity index (χ4v) is 2.30. The average Bonchev–Trinajstić information content (AvgIpc) is 2.27. The van der Waals surface area contributed by atoms with Gasteiger partial charge >= 0.3 is 0 Å². The van der Waals surface area contributed by atoms with Crippen LogP contribution in [-0.4, -0.2) is 17.3 Å². The van der Waals surface area contributed by atoms with Crippen molar-refractivity contribution in [1.82, 2.24) is 9.73 Å². The van der Waals surface area contributed by atoms with E-state index in [9.17, 15) is 4.79 Å². The molecule has 0 spiro atoms. The first kappa shape index (κ1) is 10.1. The number of hydrazine groups is 1. The van der Waals surface area contributed by atoms with Crippen molar-refractivity contribution in [2.24, 2.45) is 5.84 Å². The van der Waals surface area contributed by atoms with E-state index in [1.807, 2.05) is 37.4 Å². The highest BCUT2D eigenvalue weighted by molar-refractivity contribution is 7.97. The van der Waals surface area contributed by atoms with Crippen molar-refractivity contribution in [3.63, 3.8) is 0 Å². The molecule has 0 aliphatic carbocycles. The van der Waals surface area contributed by atoms with E-state index in [0.29, 0.717) is 5.70 Å². The fourth-order valence-electron chi connectivity index (χ4n) is 1.40. The number of rotatable bonds is 1. The van der Waals surface area contributed by atoms with Crippen LogP contribution >= 0.6 is 11.9 Å². The predicted molar refractivity (Wildman–Crippen MR) is 60.4 cm³/mol. The lowest BCUT2D eigenvalue weighted by Gasteiger charge is -2.25. The van der Waals surface area contributed by atoms with E-state index in [0.717, 1.165) is 10.5 Å². The third-order valence-electron chi connectivity index (χ3n) is 2.15. The summed E-state index contributed by atoms with van der Waals surface area (Å²) in [7, 11) is 1.84. The summed E-state index contributed by atoms with van der Waals surface area (Å²) < 4.78 is 1.80. The second-order valence-electron chi connectivity index (χ2n) is 3.13. The van der Waals surface area contributed by atoms with Crippen LogP contribution in [-0.2, 0) is 4.79 Å². The summed E-state index contributed by atoms with van der Waals surface area (Å²) in [5.74, 6) is 4.83. The highest BCUT2D eigenvalue weighted by atomic mass is 32.2. The molecule has 1 aliphatic rings. The van der Waals surface area contributed by atoms with Crippen molar-refractivity contribution in [3.05, 3.63) is 35.5 Å². The van der Waals surface area contributed by atoms with Crippen LogP contribution in [0.1, 0.15) is 5.56 Å². The summed E-state index contributed by atoms with van der Waals surface area (Å²) >= 11 is 1.51. The predicted octanol–water partition coefficient (Wildman–Crippen LogP) is 0.970. The van der Waals surface area contributed by atoms with E-state index in [1.54, 1.807) is 4.31 Å². The molecule has 0 radical (unpaired) electrons. The van der Waals surface area contributed by atoms with Crippen LogP contribution in [0.5, 0.6) is 0 Å². The lowest BCUT2D eigenvalue weighted by Crippen LogP contribution is -2.35. The number of carbonyl (C=O) groups is 1. The van der Waals surface area contributed by atoms with Gasteiger partial charge in [-0.3, -0.25) is 10.2 Å². The molecule has 5 heteroatoms. The second-order valence-corrected chi connectivity index (χ2v) is 4.30. The Balaban J connectivity index is 2.43. The monoisotopic (exact) mass is 221 g/mol. The van der Waals surface area contributed by atoms with Crippen molar-refractivity contribution in [1.29, 1.82) is 0 Å². The number of nitrogens with one attached hydrogen (secondary N) is 1. The number of hydrogen-bond donors (Lipinski definition) is 2. The Morgan fingerprint density at radius 3 is 2.93 bits per heavy atom. The molecular weight excluding hydrogens is 210 g/mol. The first-order chi connectivity index (χ1) is 7.22. The van der Waals surface area contributed by atoms with Crippen LogP contribution in [0.25, 0.3) is 6.08 Å². The van der Waals surface area contributed by atoms with Crippen molar-refractivity contribution < 1.29 is 4.79 Å². The zero-order valence-corrected chi connectivity index (χ0v) is 9.04. The third kappa shape index (κ3) is 1.84. The molecule has 1 aliphatic heterocycles. The van der Waals surface area contributed by atoms with Crippen LogP contribution in [0.2, 0.25) is 0 Å². The maximum atomic E-state index is 11.4. The fraction of sp³-hybridized carbons (Fsp3) is 0.100. The number of likely N-dealkylation sites (N-methyl/N-ethyl adjacent to an activating group) is 1. The van der Waals surface area contributed by atoms with Gasteiger partial charge in [-0.25, -0.2) is 5.84 Å². The molecule has 1 heterocycles. The van der Waals surface area contributed by atoms with Gasteiger partial charge in [0.1, 0.15) is 5.70 Å². The number of fused-ring (bicyclic) bond motifs is 1. The Labute approximate surface area is 92.2 Å². The standard InChI is InChI=1S/C10H11N3OS/c1-13-8(10(14)12-11)6-7-4-2-3-5-9(7)15-13/h2-6H,11H2,1H3,(H,12,14). The first-order valence-corrected chi connectivity index (χ1v) is 5.23. The zero-order chi connectivity index (χ0) is 10.8. The summed E-state index contributed by atoms with van der Waals surface area (Å²) in [6, 6.07) is 7.91. The minimum absolute atomic E-state index is 0.278. The quantitative estimate of drug-likeness (QED) is 0.321. The number of nitrogens with zero attached hydrogens (tertiary/aromatic N) is 1. The molecule has 3 N–H and O–H groups in total. The van der Waals surface area contributed by atoms with Crippen molar-refractivity contribution in [2.75, 3.05) is 7.05 Å². The number of benzene rings is 1. The first-order valence-electron chi connectivity index (χ1n) is 4.46. The molecule has 0 unspecified atom stereocenters. The van der Waals surface area contributed by atoms with E-state index in [4.69, 9.17) is 5.84 Å². The molecule has 0 fully saturated rings. The van der Waals surface area contributed by atoms with Gasteiger partial charge in [0.2, 0.25) is 0 Å². The number of carbonyl (C=O) groups excluding carboxylic acids is 1. The van der Waals surface area contributed by atoms with Crippen LogP contribution in [0.15, 0.2) is 34.9 Å². The van der Waals surface area contributed by atoms with Gasteiger partial charge < -0.3 is 4.31 Å². The van der Waals surface area contributed by atoms with Gasteiger partial charge in [0.25, 0.3) is 5.91 Å². The normalized spacial score (nSPS) is 14.3. The second kappa shape index (κ2) is 3.96. The Morgan fingerprint density at radius 1 is 1.47 bits per heavy atom. The largest absolute Gasteiger partial charge is 0.310 e. The van der Waals surface area contributed by atoms with E-state index >= 15 is 0 Å². The third-order valence-corrected chi connectivity index (χ3v) is 3.19. The molecule has 0 saturated heterocycles. The lowest BCUT2D eigenvalue weighted by atomic mass is 10.2. The number of nitrogens with two attached hydrogens (primary N) is 1. The summed E-state index contributed by atoms with van der Waals surface area (Å²) in [5, 5.41) is 0. The highest BCUT2D eigenvalue weighted by Crippen LogP contribution is 2.34. The van der Waals surface area contributed by atoms with Crippen LogP contribution in [0.4, 0.5) is 0 Å². The molecule has 0 aromatic heterocycles. The van der Waals surface area contributed by atoms with Gasteiger partial charge in [0.15, 0.2) is 0 Å². The van der Waals surface area contributed by atoms with Gasteiger partial charge in [-0.15, -0.1) is 0 Å². The minimum Gasteiger partial charge on any atom is -0.310 e. The molecule has 2 rings (SSSR count). The van der Waals surface area contributed by atoms with Gasteiger partial charge in [-0.1, -0.05) is 18.2 Å². The van der Waals surface area contributed by atoms with Crippen LogP contribution in [0.3, 0.4) is 0 Å². The topological polar surface area (TPSA) is 58.4 Å². The minimum atomic E-state index is -0.278. The van der Waals surface area contributed by atoms with Gasteiger partial charge in [-0.05, 0) is 29.7 Å². The van der Waals surface area contributed by atoms with Crippen molar-refractivity contribution >= 4 is 23.9 Å². The highest BCUT2D eigenvalue weighted by Gasteiger charge is 2.20. The van der Waals surface area contributed by atoms with E-state index in [1.165, 1.54) is 11.9 Å². The zero-order valence-electron chi connectivity index (χ0n) is 8.23. The Hall–Kier alpha value is -1.46. The number of amides is 1. The Morgan fingerprint density at radius 2 is 2.20 bits per heavy atom. The summed E-state index contributed by atoms with van der Waals surface area (Å²) in [4.78, 5) is 12.6. The molecule has 1 aromatic carbocycles. The smallest absolute Gasteiger partial charge is 0.282 e.